The minimum Gasteiger partial charge on any atom is -0.480 e. The number of nitrogens with one attached hydrogen (secondary N) is 1. The van der Waals surface area contributed by atoms with Crippen molar-refractivity contribution >= 4 is 23.8 Å². The molecule has 104 valence electrons. The van der Waals surface area contributed by atoms with E-state index in [-0.39, 0.29) is 30.1 Å². The lowest BCUT2D eigenvalue weighted by molar-refractivity contribution is -0.137. The van der Waals surface area contributed by atoms with Crippen molar-refractivity contribution in [1.82, 2.24) is 10.2 Å². The van der Waals surface area contributed by atoms with Crippen LogP contribution in [0.3, 0.4) is 0 Å². The molecule has 1 aliphatic rings. The highest BCUT2D eigenvalue weighted by atomic mass is 32.2. The zero-order valence-corrected chi connectivity index (χ0v) is 10.2. The van der Waals surface area contributed by atoms with E-state index in [0.717, 1.165) is 17.7 Å². The lowest BCUT2D eigenvalue weighted by atomic mass is 10.5. The summed E-state index contributed by atoms with van der Waals surface area (Å²) in [5, 5.41) is 10.9. The average Bonchev–Trinajstić information content (AvgIpc) is 3.02. The van der Waals surface area contributed by atoms with Crippen LogP contribution in [0.2, 0.25) is 0 Å². The number of amides is 2. The molecule has 0 radical (unpaired) electrons. The van der Waals surface area contributed by atoms with E-state index in [1.807, 2.05) is 0 Å². The van der Waals surface area contributed by atoms with Crippen molar-refractivity contribution in [3.05, 3.63) is 0 Å². The molecule has 2 amide bonds. The first-order valence-electron chi connectivity index (χ1n) is 5.26. The van der Waals surface area contributed by atoms with Crippen LogP contribution in [0.5, 0.6) is 0 Å². The molecule has 2 N–H and O–H groups in total. The lowest BCUT2D eigenvalue weighted by Crippen LogP contribution is -2.44. The Hall–Kier alpha value is -1.12. The molecule has 0 aliphatic heterocycles. The summed E-state index contributed by atoms with van der Waals surface area (Å²) in [6.07, 6.45) is 1.47. The molecule has 1 fully saturated rings. The highest BCUT2D eigenvalue weighted by molar-refractivity contribution is 8.00. The Labute approximate surface area is 106 Å². The molecule has 0 bridgehead atoms. The molecular weight excluding hydrogens is 273 g/mol. The van der Waals surface area contributed by atoms with E-state index in [9.17, 15) is 22.8 Å². The van der Waals surface area contributed by atoms with Crippen LogP contribution < -0.4 is 5.32 Å². The van der Waals surface area contributed by atoms with Gasteiger partial charge in [0, 0.05) is 18.3 Å². The molecule has 5 nitrogen and oxygen atoms in total. The summed E-state index contributed by atoms with van der Waals surface area (Å²) < 4.78 is 35.4. The molecule has 0 aromatic carbocycles. The first-order valence-corrected chi connectivity index (χ1v) is 6.25. The minimum atomic E-state index is -4.32. The number of alkyl halides is 3. The highest BCUT2D eigenvalue weighted by Gasteiger charge is 2.34. The van der Waals surface area contributed by atoms with Gasteiger partial charge in [0.25, 0.3) is 0 Å². The zero-order chi connectivity index (χ0) is 13.8. The number of aliphatic carboxylic acids is 1. The number of carbonyl (C=O) groups excluding carboxylic acids is 1. The molecule has 0 heterocycles. The van der Waals surface area contributed by atoms with Gasteiger partial charge in [-0.15, -0.1) is 0 Å². The van der Waals surface area contributed by atoms with Gasteiger partial charge >= 0.3 is 17.5 Å². The number of hydrogen-bond donors (Lipinski definition) is 2. The number of rotatable bonds is 6. The van der Waals surface area contributed by atoms with Crippen LogP contribution in [0, 0.1) is 0 Å². The van der Waals surface area contributed by atoms with Gasteiger partial charge in [-0.2, -0.15) is 13.2 Å². The summed E-state index contributed by atoms with van der Waals surface area (Å²) in [6, 6.07) is -0.723. The van der Waals surface area contributed by atoms with E-state index in [2.05, 4.69) is 5.32 Å². The van der Waals surface area contributed by atoms with Crippen molar-refractivity contribution < 1.29 is 27.9 Å². The molecule has 1 saturated carbocycles. The summed E-state index contributed by atoms with van der Waals surface area (Å²) in [6.45, 7) is -0.575. The van der Waals surface area contributed by atoms with Crippen LogP contribution in [0.1, 0.15) is 12.8 Å². The monoisotopic (exact) mass is 286 g/mol. The summed E-state index contributed by atoms with van der Waals surface area (Å²) in [5.41, 5.74) is -4.32. The zero-order valence-electron chi connectivity index (χ0n) is 9.37. The number of hydrogen-bond acceptors (Lipinski definition) is 3. The molecule has 9 heteroatoms. The maximum atomic E-state index is 11.8. The number of nitrogens with zero attached hydrogens (tertiary/aromatic N) is 1. The molecule has 1 aliphatic carbocycles. The second-order valence-corrected chi connectivity index (χ2v) is 4.94. The van der Waals surface area contributed by atoms with Crippen LogP contribution in [-0.2, 0) is 4.79 Å². The molecule has 0 spiro atoms. The van der Waals surface area contributed by atoms with Crippen molar-refractivity contribution in [1.29, 1.82) is 0 Å². The summed E-state index contributed by atoms with van der Waals surface area (Å²) in [5.74, 6) is -1.43. The summed E-state index contributed by atoms with van der Waals surface area (Å²) in [7, 11) is 0. The van der Waals surface area contributed by atoms with Gasteiger partial charge in [-0.3, -0.25) is 4.79 Å². The van der Waals surface area contributed by atoms with E-state index in [0.29, 0.717) is 0 Å². The van der Waals surface area contributed by atoms with Crippen molar-refractivity contribution in [3.63, 3.8) is 0 Å². The summed E-state index contributed by atoms with van der Waals surface area (Å²) >= 11 is -0.224. The van der Waals surface area contributed by atoms with Gasteiger partial charge in [0.1, 0.15) is 6.54 Å². The maximum Gasteiger partial charge on any atom is 0.441 e. The molecule has 0 atom stereocenters. The first kappa shape index (κ1) is 14.9. The van der Waals surface area contributed by atoms with Gasteiger partial charge in [-0.05, 0) is 24.6 Å². The Morgan fingerprint density at radius 2 is 2.00 bits per heavy atom. The van der Waals surface area contributed by atoms with Gasteiger partial charge < -0.3 is 15.3 Å². The van der Waals surface area contributed by atoms with Crippen molar-refractivity contribution in [3.8, 4) is 0 Å². The summed E-state index contributed by atoms with van der Waals surface area (Å²) in [4.78, 5) is 23.2. The average molecular weight is 286 g/mol. The van der Waals surface area contributed by atoms with Gasteiger partial charge in [-0.25, -0.2) is 4.79 Å². The smallest absolute Gasteiger partial charge is 0.441 e. The Morgan fingerprint density at radius 1 is 1.39 bits per heavy atom. The normalized spacial score (nSPS) is 15.3. The topological polar surface area (TPSA) is 69.6 Å². The van der Waals surface area contributed by atoms with E-state index < -0.39 is 24.1 Å². The molecule has 0 aromatic heterocycles. The molecule has 0 unspecified atom stereocenters. The van der Waals surface area contributed by atoms with Gasteiger partial charge in [0.05, 0.1) is 0 Å². The molecule has 0 saturated heterocycles. The van der Waals surface area contributed by atoms with Gasteiger partial charge in [0.15, 0.2) is 0 Å². The molecule has 1 rings (SSSR count). The fourth-order valence-corrected chi connectivity index (χ4v) is 1.76. The van der Waals surface area contributed by atoms with E-state index >= 15 is 0 Å². The number of carbonyl (C=O) groups is 2. The van der Waals surface area contributed by atoms with Crippen LogP contribution in [0.25, 0.3) is 0 Å². The van der Waals surface area contributed by atoms with Gasteiger partial charge in [0.2, 0.25) is 0 Å². The number of carboxylic acids is 1. The first-order chi connectivity index (χ1) is 8.29. The minimum absolute atomic E-state index is 0.101. The van der Waals surface area contributed by atoms with E-state index in [1.54, 1.807) is 0 Å². The fourth-order valence-electron chi connectivity index (χ4n) is 1.32. The third kappa shape index (κ3) is 5.99. The number of halogens is 3. The predicted molar refractivity (Wildman–Crippen MR) is 59.3 cm³/mol. The van der Waals surface area contributed by atoms with Crippen LogP contribution in [0.15, 0.2) is 0 Å². The number of urea groups is 1. The fraction of sp³-hybridized carbons (Fsp3) is 0.778. The second kappa shape index (κ2) is 6.17. The second-order valence-electron chi connectivity index (χ2n) is 3.78. The lowest BCUT2D eigenvalue weighted by Gasteiger charge is -2.20. The molecule has 18 heavy (non-hydrogen) atoms. The molecular formula is C9H13F3N2O3S. The highest BCUT2D eigenvalue weighted by Crippen LogP contribution is 2.29. The van der Waals surface area contributed by atoms with Gasteiger partial charge in [-0.1, -0.05) is 0 Å². The van der Waals surface area contributed by atoms with E-state index in [4.69, 9.17) is 5.11 Å². The van der Waals surface area contributed by atoms with Crippen molar-refractivity contribution in [2.24, 2.45) is 0 Å². The Kier molecular flexibility index (Phi) is 5.12. The quantitative estimate of drug-likeness (QED) is 0.726. The van der Waals surface area contributed by atoms with Crippen LogP contribution >= 0.6 is 11.8 Å². The van der Waals surface area contributed by atoms with E-state index in [1.165, 1.54) is 0 Å². The third-order valence-electron chi connectivity index (χ3n) is 2.20. The predicted octanol–water partition coefficient (Wildman–Crippen LogP) is 1.50. The Bertz CT molecular complexity index is 321. The Morgan fingerprint density at radius 3 is 2.44 bits per heavy atom. The SMILES string of the molecule is O=C(O)CN(C(=O)NCCSC(F)(F)F)C1CC1. The largest absolute Gasteiger partial charge is 0.480 e. The third-order valence-corrected chi connectivity index (χ3v) is 2.93. The van der Waals surface area contributed by atoms with Crippen molar-refractivity contribution in [2.45, 2.75) is 24.4 Å². The standard InChI is InChI=1S/C9H13F3N2O3S/c10-9(11,12)18-4-3-13-8(17)14(5-7(15)16)6-1-2-6/h6H,1-5H2,(H,13,17)(H,15,16). The number of thioether (sulfide) groups is 1. The maximum absolute atomic E-state index is 11.8. The molecule has 0 aromatic rings. The van der Waals surface area contributed by atoms with Crippen molar-refractivity contribution in [2.75, 3.05) is 18.8 Å². The Balaban J connectivity index is 2.27. The van der Waals surface area contributed by atoms with Crippen LogP contribution in [0.4, 0.5) is 18.0 Å². The number of carboxylic acid groups (broad SMARTS) is 1. The van der Waals surface area contributed by atoms with Crippen LogP contribution in [-0.4, -0.2) is 52.4 Å².